The molecule has 0 aliphatic carbocycles. The molecule has 1 aromatic carbocycles. The number of rotatable bonds is 7. The van der Waals surface area contributed by atoms with E-state index >= 15 is 0 Å². The van der Waals surface area contributed by atoms with Crippen molar-refractivity contribution in [1.82, 2.24) is 34.9 Å². The summed E-state index contributed by atoms with van der Waals surface area (Å²) in [5.74, 6) is 0.283. The first-order chi connectivity index (χ1) is 14.5. The molecule has 152 valence electrons. The summed E-state index contributed by atoms with van der Waals surface area (Å²) < 4.78 is 1.63. The molecule has 4 aromatic rings. The minimum Gasteiger partial charge on any atom is -0.309 e. The number of carbonyl (C=O) groups is 1. The van der Waals surface area contributed by atoms with E-state index in [2.05, 4.69) is 35.6 Å². The van der Waals surface area contributed by atoms with Gasteiger partial charge >= 0.3 is 0 Å². The van der Waals surface area contributed by atoms with Gasteiger partial charge in [-0.3, -0.25) is 14.6 Å². The Balaban J connectivity index is 1.57. The maximum atomic E-state index is 12.6. The van der Waals surface area contributed by atoms with Crippen LogP contribution in [-0.4, -0.2) is 40.8 Å². The van der Waals surface area contributed by atoms with Crippen LogP contribution < -0.4 is 5.32 Å². The summed E-state index contributed by atoms with van der Waals surface area (Å²) in [7, 11) is 1.79. The van der Waals surface area contributed by atoms with Crippen molar-refractivity contribution in [3.8, 4) is 0 Å². The average Bonchev–Trinajstić information content (AvgIpc) is 3.37. The number of hydrogen-bond acceptors (Lipinski definition) is 8. The molecule has 0 fully saturated rings. The highest BCUT2D eigenvalue weighted by atomic mass is 32.2. The average molecular weight is 439 g/mol. The quantitative estimate of drug-likeness (QED) is 0.452. The minimum absolute atomic E-state index is 0.0720. The summed E-state index contributed by atoms with van der Waals surface area (Å²) in [6, 6.07) is 9.86. The van der Waals surface area contributed by atoms with Gasteiger partial charge in [0.15, 0.2) is 11.0 Å². The lowest BCUT2D eigenvalue weighted by molar-refractivity contribution is -0.115. The fourth-order valence-corrected chi connectivity index (χ4v) is 4.02. The third-order valence-corrected chi connectivity index (χ3v) is 5.76. The predicted molar refractivity (Wildman–Crippen MR) is 113 cm³/mol. The molecule has 0 unspecified atom stereocenters. The van der Waals surface area contributed by atoms with E-state index in [9.17, 15) is 4.79 Å². The van der Waals surface area contributed by atoms with Crippen molar-refractivity contribution in [3.63, 3.8) is 0 Å². The zero-order chi connectivity index (χ0) is 20.9. The predicted octanol–water partition coefficient (Wildman–Crippen LogP) is 3.12. The minimum atomic E-state index is -0.212. The number of carbonyl (C=O) groups excluding carboxylic acids is 1. The molecule has 2 N–H and O–H groups in total. The summed E-state index contributed by atoms with van der Waals surface area (Å²) in [5.41, 5.74) is 1.76. The van der Waals surface area contributed by atoms with Gasteiger partial charge in [0.1, 0.15) is 16.4 Å². The van der Waals surface area contributed by atoms with Crippen LogP contribution in [0.3, 0.4) is 0 Å². The number of nitrogens with zero attached hydrogens (tertiary/aromatic N) is 6. The van der Waals surface area contributed by atoms with Gasteiger partial charge in [0, 0.05) is 24.2 Å². The summed E-state index contributed by atoms with van der Waals surface area (Å²) in [6.07, 6.45) is 4.94. The van der Waals surface area contributed by atoms with Crippen molar-refractivity contribution in [2.45, 2.75) is 33.4 Å². The van der Waals surface area contributed by atoms with E-state index in [4.69, 9.17) is 0 Å². The van der Waals surface area contributed by atoms with Crippen LogP contribution in [0.4, 0.5) is 5.82 Å². The molecule has 0 radical (unpaired) electrons. The van der Waals surface area contributed by atoms with Crippen LogP contribution >= 0.6 is 23.5 Å². The lowest BCUT2D eigenvalue weighted by Gasteiger charge is -2.09. The first-order valence-corrected chi connectivity index (χ1v) is 10.6. The molecule has 30 heavy (non-hydrogen) atoms. The molecule has 0 saturated carbocycles. The van der Waals surface area contributed by atoms with E-state index in [1.807, 2.05) is 31.2 Å². The van der Waals surface area contributed by atoms with Gasteiger partial charge in [-0.05, 0) is 30.8 Å². The van der Waals surface area contributed by atoms with Crippen molar-refractivity contribution in [2.75, 3.05) is 5.32 Å². The molecule has 3 heterocycles. The normalized spacial score (nSPS) is 10.9. The fraction of sp³-hybridized carbons (Fsp3) is 0.158. The molecule has 3 aromatic heterocycles. The second kappa shape index (κ2) is 9.09. The third-order valence-electron chi connectivity index (χ3n) is 3.92. The van der Waals surface area contributed by atoms with Crippen LogP contribution in [0.15, 0.2) is 69.2 Å². The molecule has 0 spiro atoms. The summed E-state index contributed by atoms with van der Waals surface area (Å²) in [6.45, 7) is 2.04. The van der Waals surface area contributed by atoms with E-state index in [0.29, 0.717) is 26.7 Å². The SMILES string of the molecule is Cc1ccc(Sc2ncc(Sc3ncn[nH]3)nc2CC(=O)Nc2ccn(C)n2)cc1. The number of H-pyrrole nitrogens is 1. The summed E-state index contributed by atoms with van der Waals surface area (Å²) in [4.78, 5) is 26.9. The molecule has 4 rings (SSSR count). The second-order valence-corrected chi connectivity index (χ2v) is 8.44. The highest BCUT2D eigenvalue weighted by molar-refractivity contribution is 7.99. The first kappa shape index (κ1) is 20.1. The molecule has 0 aliphatic heterocycles. The lowest BCUT2D eigenvalue weighted by Crippen LogP contribution is -2.17. The van der Waals surface area contributed by atoms with Crippen LogP contribution in [0.25, 0.3) is 0 Å². The summed E-state index contributed by atoms with van der Waals surface area (Å²) >= 11 is 2.77. The van der Waals surface area contributed by atoms with Crippen molar-refractivity contribution in [1.29, 1.82) is 0 Å². The monoisotopic (exact) mass is 438 g/mol. The van der Waals surface area contributed by atoms with Gasteiger partial charge in [0.25, 0.3) is 0 Å². The van der Waals surface area contributed by atoms with Crippen molar-refractivity contribution < 1.29 is 4.79 Å². The van der Waals surface area contributed by atoms with Crippen LogP contribution in [0.2, 0.25) is 0 Å². The number of nitrogens with one attached hydrogen (secondary N) is 2. The van der Waals surface area contributed by atoms with E-state index < -0.39 is 0 Å². The molecule has 9 nitrogen and oxygen atoms in total. The Morgan fingerprint density at radius 2 is 2.00 bits per heavy atom. The number of anilines is 1. The van der Waals surface area contributed by atoms with Gasteiger partial charge < -0.3 is 5.32 Å². The van der Waals surface area contributed by atoms with Crippen molar-refractivity contribution >= 4 is 35.2 Å². The zero-order valence-electron chi connectivity index (χ0n) is 16.2. The Morgan fingerprint density at radius 3 is 2.70 bits per heavy atom. The van der Waals surface area contributed by atoms with Gasteiger partial charge in [0.2, 0.25) is 5.91 Å². The molecule has 1 amide bonds. The fourth-order valence-electron chi connectivity index (χ4n) is 2.53. The maximum Gasteiger partial charge on any atom is 0.231 e. The zero-order valence-corrected chi connectivity index (χ0v) is 17.9. The Kier molecular flexibility index (Phi) is 6.10. The smallest absolute Gasteiger partial charge is 0.231 e. The van der Waals surface area contributed by atoms with Gasteiger partial charge in [-0.1, -0.05) is 29.5 Å². The van der Waals surface area contributed by atoms with Crippen LogP contribution in [0, 0.1) is 6.92 Å². The van der Waals surface area contributed by atoms with Gasteiger partial charge in [-0.25, -0.2) is 15.0 Å². The van der Waals surface area contributed by atoms with Crippen LogP contribution in [0.5, 0.6) is 0 Å². The van der Waals surface area contributed by atoms with Gasteiger partial charge in [-0.15, -0.1) is 0 Å². The van der Waals surface area contributed by atoms with Gasteiger partial charge in [0.05, 0.1) is 18.3 Å². The Labute approximate surface area is 181 Å². The Morgan fingerprint density at radius 1 is 1.17 bits per heavy atom. The standard InChI is InChI=1S/C19H18N8OS2/c1-12-3-5-13(6-4-12)29-18-14(9-16(28)24-15-7-8-27(2)26-15)23-17(10-20-18)30-19-21-11-22-25-19/h3-8,10-11H,9H2,1-2H3,(H,21,22,25)(H,24,26,28). The molecule has 11 heteroatoms. The number of hydrogen-bond donors (Lipinski definition) is 2. The number of aryl methyl sites for hydroxylation is 2. The van der Waals surface area contributed by atoms with E-state index in [-0.39, 0.29) is 12.3 Å². The number of aromatic nitrogens is 7. The lowest BCUT2D eigenvalue weighted by atomic mass is 10.2. The van der Waals surface area contributed by atoms with E-state index in [1.54, 1.807) is 30.2 Å². The Hall–Kier alpha value is -3.18. The first-order valence-electron chi connectivity index (χ1n) is 8.98. The second-order valence-electron chi connectivity index (χ2n) is 6.37. The topological polar surface area (TPSA) is 114 Å². The van der Waals surface area contributed by atoms with Crippen molar-refractivity contribution in [3.05, 3.63) is 60.3 Å². The third kappa shape index (κ3) is 5.24. The highest BCUT2D eigenvalue weighted by Gasteiger charge is 2.16. The molecule has 0 saturated heterocycles. The molecular formula is C19H18N8OS2. The van der Waals surface area contributed by atoms with Gasteiger partial charge in [-0.2, -0.15) is 10.2 Å². The van der Waals surface area contributed by atoms with E-state index in [1.165, 1.54) is 35.4 Å². The van der Waals surface area contributed by atoms with E-state index in [0.717, 1.165) is 4.90 Å². The molecule has 0 bridgehead atoms. The molecular weight excluding hydrogens is 420 g/mol. The van der Waals surface area contributed by atoms with Crippen LogP contribution in [-0.2, 0) is 18.3 Å². The van der Waals surface area contributed by atoms with Crippen LogP contribution in [0.1, 0.15) is 11.3 Å². The summed E-state index contributed by atoms with van der Waals surface area (Å²) in [5, 5.41) is 15.5. The molecule has 0 atom stereocenters. The maximum absolute atomic E-state index is 12.6. The number of benzene rings is 1. The van der Waals surface area contributed by atoms with Crippen molar-refractivity contribution in [2.24, 2.45) is 7.05 Å². The number of amides is 1. The largest absolute Gasteiger partial charge is 0.309 e. The Bertz CT molecular complexity index is 1140. The molecule has 0 aliphatic rings. The highest BCUT2D eigenvalue weighted by Crippen LogP contribution is 2.31. The number of aromatic amines is 1.